The number of hydrogen-bond donors (Lipinski definition) is 3. The van der Waals surface area contributed by atoms with Gasteiger partial charge in [-0.15, -0.1) is 0 Å². The van der Waals surface area contributed by atoms with Crippen molar-refractivity contribution in [2.24, 2.45) is 5.92 Å². The van der Waals surface area contributed by atoms with Crippen LogP contribution in [-0.4, -0.2) is 51.1 Å². The SMILES string of the molecule is O=C(O)CCCCCCC1C(O)CCC1SCC(O)COc1ccc(F)cc1. The number of carboxylic acid groups (broad SMARTS) is 1. The summed E-state index contributed by atoms with van der Waals surface area (Å²) in [5, 5.41) is 29.4. The van der Waals surface area contributed by atoms with Gasteiger partial charge in [0.25, 0.3) is 0 Å². The van der Waals surface area contributed by atoms with E-state index in [0.29, 0.717) is 23.2 Å². The van der Waals surface area contributed by atoms with Crippen molar-refractivity contribution in [1.29, 1.82) is 0 Å². The summed E-state index contributed by atoms with van der Waals surface area (Å²) in [6, 6.07) is 5.72. The summed E-state index contributed by atoms with van der Waals surface area (Å²) in [6.45, 7) is 0.155. The van der Waals surface area contributed by atoms with E-state index in [9.17, 15) is 19.4 Å². The molecule has 1 aromatic carbocycles. The number of rotatable bonds is 13. The van der Waals surface area contributed by atoms with Crippen molar-refractivity contribution in [3.05, 3.63) is 30.1 Å². The van der Waals surface area contributed by atoms with E-state index in [1.165, 1.54) is 24.3 Å². The highest BCUT2D eigenvalue weighted by atomic mass is 32.2. The molecule has 0 spiro atoms. The molecule has 3 N–H and O–H groups in total. The second-order valence-electron chi connectivity index (χ2n) is 7.45. The highest BCUT2D eigenvalue weighted by molar-refractivity contribution is 7.99. The second kappa shape index (κ2) is 12.3. The third kappa shape index (κ3) is 8.37. The van der Waals surface area contributed by atoms with E-state index in [4.69, 9.17) is 9.84 Å². The van der Waals surface area contributed by atoms with E-state index in [1.807, 2.05) is 0 Å². The third-order valence-electron chi connectivity index (χ3n) is 5.16. The number of benzene rings is 1. The Balaban J connectivity index is 1.63. The van der Waals surface area contributed by atoms with Crippen molar-refractivity contribution >= 4 is 17.7 Å². The molecule has 7 heteroatoms. The fourth-order valence-corrected chi connectivity index (χ4v) is 5.04. The van der Waals surface area contributed by atoms with Gasteiger partial charge in [0.05, 0.1) is 12.2 Å². The lowest BCUT2D eigenvalue weighted by Crippen LogP contribution is -2.25. The summed E-state index contributed by atoms with van der Waals surface area (Å²) in [4.78, 5) is 10.5. The molecule has 4 atom stereocenters. The van der Waals surface area contributed by atoms with Gasteiger partial charge in [-0.1, -0.05) is 19.3 Å². The number of ether oxygens (including phenoxy) is 1. The number of thioether (sulfide) groups is 1. The van der Waals surface area contributed by atoms with Gasteiger partial charge >= 0.3 is 5.97 Å². The molecule has 0 amide bonds. The number of carboxylic acids is 1. The van der Waals surface area contributed by atoms with Gasteiger partial charge in [-0.2, -0.15) is 11.8 Å². The topological polar surface area (TPSA) is 87.0 Å². The van der Waals surface area contributed by atoms with Crippen LogP contribution >= 0.6 is 11.8 Å². The lowest BCUT2D eigenvalue weighted by atomic mass is 9.97. The van der Waals surface area contributed by atoms with E-state index in [-0.39, 0.29) is 30.9 Å². The standard InChI is InChI=1S/C21H31FO5S/c22-15-7-9-17(10-8-15)27-13-16(23)14-28-20-12-11-19(24)18(20)5-3-1-2-4-6-21(25)26/h7-10,16,18-20,23-24H,1-6,11-14H2,(H,25,26). The Morgan fingerprint density at radius 3 is 2.61 bits per heavy atom. The molecule has 0 radical (unpaired) electrons. The van der Waals surface area contributed by atoms with E-state index in [1.54, 1.807) is 11.8 Å². The van der Waals surface area contributed by atoms with Crippen molar-refractivity contribution in [2.45, 2.75) is 68.8 Å². The quantitative estimate of drug-likeness (QED) is 0.425. The molecule has 28 heavy (non-hydrogen) atoms. The molecule has 0 aromatic heterocycles. The molecule has 4 unspecified atom stereocenters. The number of aliphatic hydroxyl groups is 2. The maximum atomic E-state index is 12.9. The highest BCUT2D eigenvalue weighted by Crippen LogP contribution is 2.38. The Kier molecular flexibility index (Phi) is 10.1. The maximum Gasteiger partial charge on any atom is 0.303 e. The third-order valence-corrected chi connectivity index (χ3v) is 6.75. The molecule has 5 nitrogen and oxygen atoms in total. The number of unbranched alkanes of at least 4 members (excludes halogenated alkanes) is 3. The number of carbonyl (C=O) groups is 1. The lowest BCUT2D eigenvalue weighted by Gasteiger charge is -2.23. The second-order valence-corrected chi connectivity index (χ2v) is 8.72. The first-order valence-corrected chi connectivity index (χ1v) is 11.1. The molecule has 1 aliphatic rings. The zero-order chi connectivity index (χ0) is 20.4. The van der Waals surface area contributed by atoms with Crippen molar-refractivity contribution in [3.63, 3.8) is 0 Å². The number of hydrogen-bond acceptors (Lipinski definition) is 5. The van der Waals surface area contributed by atoms with E-state index >= 15 is 0 Å². The first-order chi connectivity index (χ1) is 13.5. The van der Waals surface area contributed by atoms with Crippen molar-refractivity contribution in [3.8, 4) is 5.75 Å². The van der Waals surface area contributed by atoms with Crippen LogP contribution < -0.4 is 4.74 Å². The van der Waals surface area contributed by atoms with Crippen LogP contribution in [0.15, 0.2) is 24.3 Å². The fraction of sp³-hybridized carbons (Fsp3) is 0.667. The molecule has 2 rings (SSSR count). The van der Waals surface area contributed by atoms with Crippen molar-refractivity contribution in [2.75, 3.05) is 12.4 Å². The first kappa shape index (κ1) is 23.0. The number of aliphatic hydroxyl groups excluding tert-OH is 2. The van der Waals surface area contributed by atoms with Gasteiger partial charge in [0.1, 0.15) is 18.2 Å². The molecule has 1 fully saturated rings. The van der Waals surface area contributed by atoms with Gasteiger partial charge in [0, 0.05) is 17.4 Å². The fourth-order valence-electron chi connectivity index (χ4n) is 3.61. The molecule has 1 saturated carbocycles. The largest absolute Gasteiger partial charge is 0.491 e. The van der Waals surface area contributed by atoms with Crippen LogP contribution in [0.2, 0.25) is 0 Å². The molecule has 1 aromatic rings. The first-order valence-electron chi connectivity index (χ1n) is 10.0. The minimum Gasteiger partial charge on any atom is -0.491 e. The van der Waals surface area contributed by atoms with Gasteiger partial charge in [-0.05, 0) is 55.9 Å². The summed E-state index contributed by atoms with van der Waals surface area (Å²) >= 11 is 1.69. The smallest absolute Gasteiger partial charge is 0.303 e. The van der Waals surface area contributed by atoms with E-state index < -0.39 is 12.1 Å². The lowest BCUT2D eigenvalue weighted by molar-refractivity contribution is -0.137. The Morgan fingerprint density at radius 2 is 1.89 bits per heavy atom. The van der Waals surface area contributed by atoms with Crippen molar-refractivity contribution < 1.29 is 29.2 Å². The molecular weight excluding hydrogens is 383 g/mol. The Bertz CT molecular complexity index is 583. The average molecular weight is 415 g/mol. The Labute approximate surface area is 170 Å². The number of aliphatic carboxylic acids is 1. The summed E-state index contributed by atoms with van der Waals surface area (Å²) in [5.41, 5.74) is 0. The number of halogens is 1. The molecule has 158 valence electrons. The average Bonchev–Trinajstić information content (AvgIpc) is 3.02. The molecule has 0 aliphatic heterocycles. The summed E-state index contributed by atoms with van der Waals surface area (Å²) in [7, 11) is 0. The van der Waals surface area contributed by atoms with Gasteiger partial charge < -0.3 is 20.1 Å². The molecule has 1 aliphatic carbocycles. The summed E-state index contributed by atoms with van der Waals surface area (Å²) in [5.74, 6) is 0.228. The van der Waals surface area contributed by atoms with Crippen LogP contribution in [0.5, 0.6) is 5.75 Å². The monoisotopic (exact) mass is 414 g/mol. The molecule has 0 heterocycles. The highest BCUT2D eigenvalue weighted by Gasteiger charge is 2.34. The predicted octanol–water partition coefficient (Wildman–Crippen LogP) is 3.86. The zero-order valence-electron chi connectivity index (χ0n) is 16.1. The van der Waals surface area contributed by atoms with Crippen molar-refractivity contribution in [1.82, 2.24) is 0 Å². The van der Waals surface area contributed by atoms with E-state index in [2.05, 4.69) is 0 Å². The van der Waals surface area contributed by atoms with Gasteiger partial charge in [-0.25, -0.2) is 4.39 Å². The normalized spacial score (nSPS) is 22.9. The predicted molar refractivity (Wildman–Crippen MR) is 108 cm³/mol. The van der Waals surface area contributed by atoms with Crippen LogP contribution in [0, 0.1) is 11.7 Å². The Hall–Kier alpha value is -1.31. The van der Waals surface area contributed by atoms with E-state index in [0.717, 1.165) is 38.5 Å². The van der Waals surface area contributed by atoms with Gasteiger partial charge in [0.15, 0.2) is 0 Å². The van der Waals surface area contributed by atoms with Crippen LogP contribution in [-0.2, 0) is 4.79 Å². The summed E-state index contributed by atoms with van der Waals surface area (Å²) in [6.07, 6.45) is 5.60. The molecule has 0 bridgehead atoms. The minimum absolute atomic E-state index is 0.155. The van der Waals surface area contributed by atoms with Gasteiger partial charge in [0.2, 0.25) is 0 Å². The van der Waals surface area contributed by atoms with Gasteiger partial charge in [-0.3, -0.25) is 4.79 Å². The van der Waals surface area contributed by atoms with Crippen LogP contribution in [0.4, 0.5) is 4.39 Å². The van der Waals surface area contributed by atoms with Crippen LogP contribution in [0.25, 0.3) is 0 Å². The molecular formula is C21H31FO5S. The molecule has 0 saturated heterocycles. The maximum absolute atomic E-state index is 12.9. The minimum atomic E-state index is -0.746. The van der Waals surface area contributed by atoms with Crippen LogP contribution in [0.3, 0.4) is 0 Å². The zero-order valence-corrected chi connectivity index (χ0v) is 17.0. The van der Waals surface area contributed by atoms with Crippen LogP contribution in [0.1, 0.15) is 51.4 Å². The Morgan fingerprint density at radius 1 is 1.18 bits per heavy atom. The summed E-state index contributed by atoms with van der Waals surface area (Å²) < 4.78 is 18.4.